The van der Waals surface area contributed by atoms with Crippen molar-refractivity contribution in [3.8, 4) is 11.4 Å². The number of rotatable bonds is 3. The second kappa shape index (κ2) is 7.42. The summed E-state index contributed by atoms with van der Waals surface area (Å²) in [5.41, 5.74) is 3.92. The Kier molecular flexibility index (Phi) is 4.81. The third kappa shape index (κ3) is 3.60. The highest BCUT2D eigenvalue weighted by Gasteiger charge is 2.37. The molecule has 2 aromatic heterocycles. The van der Waals surface area contributed by atoms with Crippen LogP contribution in [0.1, 0.15) is 29.9 Å². The van der Waals surface area contributed by atoms with Gasteiger partial charge in [0.25, 0.3) is 0 Å². The van der Waals surface area contributed by atoms with E-state index in [9.17, 15) is 4.79 Å². The van der Waals surface area contributed by atoms with E-state index < -0.39 is 0 Å². The van der Waals surface area contributed by atoms with E-state index in [1.54, 1.807) is 12.4 Å². The minimum Gasteiger partial charge on any atom is -0.339 e. The molecule has 0 aliphatic carbocycles. The van der Waals surface area contributed by atoms with Gasteiger partial charge in [0.2, 0.25) is 11.7 Å². The second-order valence-corrected chi connectivity index (χ2v) is 7.43. The number of pyridine rings is 1. The predicted octanol–water partition coefficient (Wildman–Crippen LogP) is 4.02. The summed E-state index contributed by atoms with van der Waals surface area (Å²) in [6.45, 7) is 7.34. The normalized spacial score (nSPS) is 19.0. The van der Waals surface area contributed by atoms with Crippen LogP contribution in [-0.4, -0.2) is 39.1 Å². The van der Waals surface area contributed by atoms with Gasteiger partial charge >= 0.3 is 6.03 Å². The Hall–Kier alpha value is -3.22. The number of carbonyl (C=O) groups excluding carboxylic acids is 1. The lowest BCUT2D eigenvalue weighted by Crippen LogP contribution is -2.33. The van der Waals surface area contributed by atoms with Gasteiger partial charge in [-0.05, 0) is 43.5 Å². The summed E-state index contributed by atoms with van der Waals surface area (Å²) >= 11 is 0. The summed E-state index contributed by atoms with van der Waals surface area (Å²) in [4.78, 5) is 23.1. The van der Waals surface area contributed by atoms with E-state index in [0.29, 0.717) is 24.8 Å². The van der Waals surface area contributed by atoms with Crippen molar-refractivity contribution in [2.45, 2.75) is 26.7 Å². The van der Waals surface area contributed by atoms with Crippen molar-refractivity contribution < 1.29 is 9.32 Å². The van der Waals surface area contributed by atoms with E-state index in [-0.39, 0.29) is 17.9 Å². The second-order valence-electron chi connectivity index (χ2n) is 7.43. The first-order chi connectivity index (χ1) is 13.5. The average molecular weight is 377 g/mol. The number of hydrogen-bond acceptors (Lipinski definition) is 5. The largest absolute Gasteiger partial charge is 0.339 e. The van der Waals surface area contributed by atoms with Crippen LogP contribution >= 0.6 is 0 Å². The van der Waals surface area contributed by atoms with Crippen molar-refractivity contribution in [2.75, 3.05) is 18.4 Å². The molecule has 0 bridgehead atoms. The molecule has 0 spiro atoms. The zero-order valence-corrected chi connectivity index (χ0v) is 16.2. The van der Waals surface area contributed by atoms with Crippen LogP contribution in [0.15, 0.2) is 47.2 Å². The molecular formula is C21H23N5O2. The number of urea groups is 1. The topological polar surface area (TPSA) is 84.2 Å². The minimum absolute atomic E-state index is 0.0213. The van der Waals surface area contributed by atoms with Gasteiger partial charge in [0.15, 0.2) is 0 Å². The summed E-state index contributed by atoms with van der Waals surface area (Å²) in [5, 5.41) is 7.11. The van der Waals surface area contributed by atoms with Crippen LogP contribution in [-0.2, 0) is 0 Å². The Morgan fingerprint density at radius 1 is 1.18 bits per heavy atom. The number of hydrogen-bond donors (Lipinski definition) is 1. The third-order valence-electron chi connectivity index (χ3n) is 5.22. The monoisotopic (exact) mass is 377 g/mol. The molecule has 144 valence electrons. The Labute approximate surface area is 163 Å². The third-order valence-corrected chi connectivity index (χ3v) is 5.22. The molecule has 2 amide bonds. The fourth-order valence-corrected chi connectivity index (χ4v) is 3.61. The smallest absolute Gasteiger partial charge is 0.321 e. The van der Waals surface area contributed by atoms with E-state index in [2.05, 4.69) is 33.4 Å². The van der Waals surface area contributed by atoms with Crippen molar-refractivity contribution in [3.63, 3.8) is 0 Å². The highest BCUT2D eigenvalue weighted by Crippen LogP contribution is 2.33. The van der Waals surface area contributed by atoms with Crippen molar-refractivity contribution in [1.29, 1.82) is 0 Å². The molecule has 2 unspecified atom stereocenters. The number of carbonyl (C=O) groups is 1. The molecule has 1 N–H and O–H groups in total. The lowest BCUT2D eigenvalue weighted by Gasteiger charge is -2.18. The van der Waals surface area contributed by atoms with Crippen LogP contribution in [0.3, 0.4) is 0 Å². The molecule has 1 fully saturated rings. The van der Waals surface area contributed by atoms with Crippen LogP contribution in [0, 0.1) is 19.8 Å². The molecule has 4 rings (SSSR count). The SMILES string of the molecule is Cc1ccc(NC(=O)N2CC(C)C(c3nc(-c4ccncc4)no3)C2)c(C)c1. The lowest BCUT2D eigenvalue weighted by atomic mass is 9.98. The van der Waals surface area contributed by atoms with Gasteiger partial charge in [-0.25, -0.2) is 4.79 Å². The van der Waals surface area contributed by atoms with Gasteiger partial charge in [-0.3, -0.25) is 4.98 Å². The van der Waals surface area contributed by atoms with Crippen LogP contribution in [0.4, 0.5) is 10.5 Å². The van der Waals surface area contributed by atoms with E-state index in [4.69, 9.17) is 4.52 Å². The molecule has 1 saturated heterocycles. The number of anilines is 1. The van der Waals surface area contributed by atoms with E-state index in [1.165, 1.54) is 5.56 Å². The molecule has 0 saturated carbocycles. The first-order valence-corrected chi connectivity index (χ1v) is 9.38. The highest BCUT2D eigenvalue weighted by molar-refractivity contribution is 5.90. The Morgan fingerprint density at radius 3 is 2.71 bits per heavy atom. The number of likely N-dealkylation sites (tertiary alicyclic amines) is 1. The minimum atomic E-state index is -0.102. The van der Waals surface area contributed by atoms with E-state index in [0.717, 1.165) is 16.8 Å². The number of aromatic nitrogens is 3. The molecule has 1 aromatic carbocycles. The number of nitrogens with zero attached hydrogens (tertiary/aromatic N) is 4. The zero-order valence-electron chi connectivity index (χ0n) is 16.2. The van der Waals surface area contributed by atoms with Gasteiger partial charge in [-0.2, -0.15) is 4.98 Å². The maximum atomic E-state index is 12.7. The Bertz CT molecular complexity index is 985. The molecule has 2 atom stereocenters. The quantitative estimate of drug-likeness (QED) is 0.745. The van der Waals surface area contributed by atoms with Crippen LogP contribution in [0.25, 0.3) is 11.4 Å². The van der Waals surface area contributed by atoms with Crippen molar-refractivity contribution in [2.24, 2.45) is 5.92 Å². The maximum Gasteiger partial charge on any atom is 0.321 e. The van der Waals surface area contributed by atoms with Gasteiger partial charge in [-0.1, -0.05) is 29.8 Å². The maximum absolute atomic E-state index is 12.7. The van der Waals surface area contributed by atoms with Crippen LogP contribution < -0.4 is 5.32 Å². The van der Waals surface area contributed by atoms with Crippen LogP contribution in [0.5, 0.6) is 0 Å². The summed E-state index contributed by atoms with van der Waals surface area (Å²) in [6.07, 6.45) is 3.39. The first-order valence-electron chi connectivity index (χ1n) is 9.38. The predicted molar refractivity (Wildman–Crippen MR) is 106 cm³/mol. The molecule has 3 heterocycles. The summed E-state index contributed by atoms with van der Waals surface area (Å²) in [6, 6.07) is 9.59. The summed E-state index contributed by atoms with van der Waals surface area (Å²) in [7, 11) is 0. The van der Waals surface area contributed by atoms with Gasteiger partial charge in [0.05, 0.1) is 5.92 Å². The van der Waals surface area contributed by atoms with Crippen molar-refractivity contribution in [3.05, 3.63) is 59.7 Å². The van der Waals surface area contributed by atoms with Gasteiger partial charge in [0.1, 0.15) is 0 Å². The first kappa shape index (κ1) is 18.2. The number of nitrogens with one attached hydrogen (secondary N) is 1. The molecular weight excluding hydrogens is 354 g/mol. The fourth-order valence-electron chi connectivity index (χ4n) is 3.61. The zero-order chi connectivity index (χ0) is 19.7. The Balaban J connectivity index is 1.46. The Morgan fingerprint density at radius 2 is 1.96 bits per heavy atom. The number of benzene rings is 1. The van der Waals surface area contributed by atoms with Crippen LogP contribution in [0.2, 0.25) is 0 Å². The van der Waals surface area contributed by atoms with Gasteiger partial charge in [0, 0.05) is 36.7 Å². The highest BCUT2D eigenvalue weighted by atomic mass is 16.5. The average Bonchev–Trinajstić information content (AvgIpc) is 3.31. The molecule has 7 heteroatoms. The standard InChI is InChI=1S/C21H23N5O2/c1-13-4-5-18(14(2)10-13)23-21(27)26-11-15(3)17(12-26)20-24-19(25-28-20)16-6-8-22-9-7-16/h4-10,15,17H,11-12H2,1-3H3,(H,23,27). The molecule has 1 aliphatic rings. The summed E-state index contributed by atoms with van der Waals surface area (Å²) < 4.78 is 5.51. The fraction of sp³-hybridized carbons (Fsp3) is 0.333. The van der Waals surface area contributed by atoms with Crippen molar-refractivity contribution >= 4 is 11.7 Å². The van der Waals surface area contributed by atoms with E-state index >= 15 is 0 Å². The van der Waals surface area contributed by atoms with Gasteiger partial charge < -0.3 is 14.7 Å². The van der Waals surface area contributed by atoms with Gasteiger partial charge in [-0.15, -0.1) is 0 Å². The molecule has 3 aromatic rings. The van der Waals surface area contributed by atoms with Crippen molar-refractivity contribution in [1.82, 2.24) is 20.0 Å². The number of amides is 2. The van der Waals surface area contributed by atoms with E-state index in [1.807, 2.05) is 43.0 Å². The molecule has 7 nitrogen and oxygen atoms in total. The molecule has 28 heavy (non-hydrogen) atoms. The number of aryl methyl sites for hydroxylation is 2. The lowest BCUT2D eigenvalue weighted by molar-refractivity contribution is 0.220. The summed E-state index contributed by atoms with van der Waals surface area (Å²) in [5.74, 6) is 1.37. The molecule has 0 radical (unpaired) electrons. The molecule has 1 aliphatic heterocycles.